The molecule has 4 aliphatic rings. The van der Waals surface area contributed by atoms with Crippen LogP contribution in [0.1, 0.15) is 110 Å². The summed E-state index contributed by atoms with van der Waals surface area (Å²) in [6.45, 7) is 7.27. The zero-order valence-corrected chi connectivity index (χ0v) is 20.0. The predicted octanol–water partition coefficient (Wildman–Crippen LogP) is 6.56. The Morgan fingerprint density at radius 1 is 0.667 bits per heavy atom. The summed E-state index contributed by atoms with van der Waals surface area (Å²) < 4.78 is 5.69. The second-order valence-corrected chi connectivity index (χ2v) is 12.3. The van der Waals surface area contributed by atoms with Crippen LogP contribution >= 0.6 is 7.44 Å². The number of hydrogen-bond acceptors (Lipinski definition) is 2. The molecule has 0 bridgehead atoms. The quantitative estimate of drug-likeness (QED) is 0.358. The molecule has 2 atom stereocenters. The van der Waals surface area contributed by atoms with E-state index in [9.17, 15) is 0 Å². The summed E-state index contributed by atoms with van der Waals surface area (Å²) in [6.07, 6.45) is 21.2. The van der Waals surface area contributed by atoms with E-state index in [1.165, 1.54) is 109 Å². The summed E-state index contributed by atoms with van der Waals surface area (Å²) in [5.74, 6) is 0. The van der Waals surface area contributed by atoms with Crippen molar-refractivity contribution in [3.63, 3.8) is 0 Å². The van der Waals surface area contributed by atoms with Crippen LogP contribution in [0.25, 0.3) is 0 Å². The van der Waals surface area contributed by atoms with E-state index in [4.69, 9.17) is 7.57 Å². The Morgan fingerprint density at radius 2 is 1.07 bits per heavy atom. The minimum atomic E-state index is -1.59. The van der Waals surface area contributed by atoms with Crippen LogP contribution in [0, 0.1) is 0 Å². The standard InChI is InChI=1S/C17H33BN2P.C5H10.Fe/c1-3-15-9-7-13-19(15)21(18,17-11-5-6-12-17)20-14-8-10-16(20)4-2;1-2-4-5-3-1;/h15-17H,3-14H2,1-2H3;1-5H2;/q+1;;/t15-,16-;;/m0../s1. The third-order valence-corrected chi connectivity index (χ3v) is 11.9. The first-order chi connectivity index (χ1) is 12.7. The van der Waals surface area contributed by atoms with Crippen LogP contribution in [-0.2, 0) is 17.1 Å². The van der Waals surface area contributed by atoms with Gasteiger partial charge >= 0.3 is 7.57 Å². The molecule has 2 aliphatic carbocycles. The summed E-state index contributed by atoms with van der Waals surface area (Å²) in [5.41, 5.74) is 0.803. The van der Waals surface area contributed by atoms with Gasteiger partial charge in [-0.25, -0.2) is 0 Å². The van der Waals surface area contributed by atoms with E-state index in [1.807, 2.05) is 0 Å². The van der Waals surface area contributed by atoms with Gasteiger partial charge in [-0.15, -0.1) is 0 Å². The molecule has 27 heavy (non-hydrogen) atoms. The van der Waals surface area contributed by atoms with Crippen LogP contribution in [0.4, 0.5) is 0 Å². The Morgan fingerprint density at radius 3 is 1.44 bits per heavy atom. The van der Waals surface area contributed by atoms with E-state index in [0.717, 1.165) is 17.7 Å². The molecular formula is C22H43BFeN2P+. The molecule has 156 valence electrons. The minimum absolute atomic E-state index is 0. The molecule has 4 rings (SSSR count). The Labute approximate surface area is 182 Å². The van der Waals surface area contributed by atoms with Gasteiger partial charge in [0.2, 0.25) is 0 Å². The van der Waals surface area contributed by atoms with E-state index < -0.39 is 7.44 Å². The van der Waals surface area contributed by atoms with Gasteiger partial charge < -0.3 is 0 Å². The Kier molecular flexibility index (Phi) is 10.7. The van der Waals surface area contributed by atoms with Crippen molar-refractivity contribution in [1.82, 2.24) is 9.34 Å². The average molecular weight is 433 g/mol. The van der Waals surface area contributed by atoms with Gasteiger partial charge in [0.25, 0.3) is 0 Å². The van der Waals surface area contributed by atoms with Crippen LogP contribution in [0.2, 0.25) is 0 Å². The Bertz CT molecular complexity index is 386. The topological polar surface area (TPSA) is 6.48 Å². The number of nitrogens with zero attached hydrogens (tertiary/aromatic N) is 2. The monoisotopic (exact) mass is 433 g/mol. The molecule has 0 aromatic rings. The van der Waals surface area contributed by atoms with Crippen LogP contribution in [0.5, 0.6) is 0 Å². The molecule has 2 radical (unpaired) electrons. The first-order valence-corrected chi connectivity index (χ1v) is 13.8. The fraction of sp³-hybridized carbons (Fsp3) is 1.00. The SMILES string of the molecule is C1CCCC1.[B][P+](C1CCCC1)(N1CCC[C@@H]1CC)N1CCC[C@@H]1CC.[Fe]. The zero-order valence-electron chi connectivity index (χ0n) is 18.0. The maximum absolute atomic E-state index is 7.41. The maximum Gasteiger partial charge on any atom is 0.409 e. The molecule has 2 heterocycles. The van der Waals surface area contributed by atoms with E-state index >= 15 is 0 Å². The molecule has 0 aromatic carbocycles. The smallest absolute Gasteiger partial charge is 0.177 e. The number of rotatable bonds is 5. The number of hydrogen-bond donors (Lipinski definition) is 0. The van der Waals surface area contributed by atoms with Crippen LogP contribution in [-0.4, -0.2) is 47.7 Å². The van der Waals surface area contributed by atoms with E-state index in [-0.39, 0.29) is 17.1 Å². The summed E-state index contributed by atoms with van der Waals surface area (Å²) in [7, 11) is 5.82. The largest absolute Gasteiger partial charge is 0.409 e. The third kappa shape index (κ3) is 5.55. The molecule has 0 amide bonds. The van der Waals surface area contributed by atoms with Crippen molar-refractivity contribution >= 4 is 15.0 Å². The van der Waals surface area contributed by atoms with Crippen molar-refractivity contribution in [2.45, 2.75) is 128 Å². The van der Waals surface area contributed by atoms with E-state index in [0.29, 0.717) is 0 Å². The first kappa shape index (κ1) is 24.2. The van der Waals surface area contributed by atoms with Crippen LogP contribution < -0.4 is 0 Å². The van der Waals surface area contributed by atoms with Gasteiger partial charge in [0.15, 0.2) is 0 Å². The molecular weight excluding hydrogens is 390 g/mol. The minimum Gasteiger partial charge on any atom is -0.177 e. The molecule has 2 saturated carbocycles. The van der Waals surface area contributed by atoms with Crippen LogP contribution in [0.3, 0.4) is 0 Å². The normalized spacial score (nSPS) is 30.3. The molecule has 2 aliphatic heterocycles. The Hall–Kier alpha value is 0.934. The van der Waals surface area contributed by atoms with Gasteiger partial charge in [0.1, 0.15) is 7.44 Å². The molecule has 2 saturated heterocycles. The second kappa shape index (κ2) is 12.0. The fourth-order valence-electron chi connectivity index (χ4n) is 6.05. The summed E-state index contributed by atoms with van der Waals surface area (Å²) >= 11 is 0. The molecule has 0 aromatic heterocycles. The van der Waals surface area contributed by atoms with Gasteiger partial charge in [0.05, 0.1) is 5.66 Å². The third-order valence-electron chi connectivity index (χ3n) is 7.57. The molecule has 4 fully saturated rings. The summed E-state index contributed by atoms with van der Waals surface area (Å²) in [6, 6.07) is 1.53. The van der Waals surface area contributed by atoms with Crippen molar-refractivity contribution in [2.75, 3.05) is 13.1 Å². The van der Waals surface area contributed by atoms with E-state index in [2.05, 4.69) is 23.2 Å². The molecule has 5 heteroatoms. The second-order valence-electron chi connectivity index (χ2n) is 9.14. The fourth-order valence-corrected chi connectivity index (χ4v) is 10.8. The van der Waals surface area contributed by atoms with Gasteiger partial charge in [-0.2, -0.15) is 9.34 Å². The summed E-state index contributed by atoms with van der Waals surface area (Å²) in [4.78, 5) is 0. The van der Waals surface area contributed by atoms with Crippen molar-refractivity contribution < 1.29 is 17.1 Å². The Balaban J connectivity index is 0.000000379. The van der Waals surface area contributed by atoms with Gasteiger partial charge in [-0.05, 0) is 64.2 Å². The summed E-state index contributed by atoms with van der Waals surface area (Å²) in [5, 5.41) is 0. The van der Waals surface area contributed by atoms with Gasteiger partial charge in [-0.3, -0.25) is 0 Å². The van der Waals surface area contributed by atoms with Crippen molar-refractivity contribution in [2.24, 2.45) is 0 Å². The average Bonchev–Trinajstić information content (AvgIpc) is 3.46. The van der Waals surface area contributed by atoms with Crippen molar-refractivity contribution in [1.29, 1.82) is 0 Å². The molecule has 0 N–H and O–H groups in total. The van der Waals surface area contributed by atoms with Crippen molar-refractivity contribution in [3.05, 3.63) is 0 Å². The first-order valence-electron chi connectivity index (χ1n) is 11.9. The molecule has 0 spiro atoms. The van der Waals surface area contributed by atoms with Crippen LogP contribution in [0.15, 0.2) is 0 Å². The van der Waals surface area contributed by atoms with Crippen molar-refractivity contribution in [3.8, 4) is 0 Å². The van der Waals surface area contributed by atoms with E-state index in [1.54, 1.807) is 0 Å². The molecule has 2 nitrogen and oxygen atoms in total. The zero-order chi connectivity index (χ0) is 18.4. The molecule has 0 unspecified atom stereocenters. The maximum atomic E-state index is 7.41. The van der Waals surface area contributed by atoms with Gasteiger partial charge in [-0.1, -0.05) is 46.0 Å². The predicted molar refractivity (Wildman–Crippen MR) is 118 cm³/mol. The van der Waals surface area contributed by atoms with Gasteiger partial charge in [0, 0.05) is 42.2 Å².